The maximum atomic E-state index is 12.2. The molecule has 0 unspecified atom stereocenters. The number of rotatable bonds is 8. The van der Waals surface area contributed by atoms with E-state index in [0.717, 1.165) is 38.5 Å². The van der Waals surface area contributed by atoms with Gasteiger partial charge in [-0.1, -0.05) is 0 Å². The first kappa shape index (κ1) is 26.1. The fourth-order valence-electron chi connectivity index (χ4n) is 6.58. The van der Waals surface area contributed by atoms with E-state index in [2.05, 4.69) is 76.7 Å². The molecule has 2 amide bonds. The van der Waals surface area contributed by atoms with Crippen LogP contribution in [0.4, 0.5) is 0 Å². The number of amides is 2. The van der Waals surface area contributed by atoms with Crippen LogP contribution in [0.1, 0.15) is 100 Å². The van der Waals surface area contributed by atoms with Gasteiger partial charge in [0, 0.05) is 35.2 Å². The fraction of sp³-hybridized carbons (Fsp3) is 0.920. The monoisotopic (exact) mass is 436 g/mol. The van der Waals surface area contributed by atoms with Crippen molar-refractivity contribution in [3.63, 3.8) is 0 Å². The molecule has 0 aromatic heterocycles. The molecule has 2 aliphatic rings. The molecule has 0 aromatic carbocycles. The SMILES string of the molecule is CC1(C)CC(CCNC(=O)CC(=O)NCCC2CC(C)(C)NC(C)(C)C2)CC(C)(C)N1. The van der Waals surface area contributed by atoms with E-state index in [4.69, 9.17) is 0 Å². The smallest absolute Gasteiger partial charge is 0.229 e. The minimum atomic E-state index is -0.172. The first-order valence-electron chi connectivity index (χ1n) is 12.2. The molecule has 0 aromatic rings. The molecule has 0 aliphatic carbocycles. The van der Waals surface area contributed by atoms with Crippen molar-refractivity contribution in [2.24, 2.45) is 11.8 Å². The Kier molecular flexibility index (Phi) is 8.24. The third-order valence-corrected chi connectivity index (χ3v) is 6.62. The van der Waals surface area contributed by atoms with Gasteiger partial charge in [-0.15, -0.1) is 0 Å². The van der Waals surface area contributed by atoms with Crippen molar-refractivity contribution < 1.29 is 9.59 Å². The van der Waals surface area contributed by atoms with Gasteiger partial charge >= 0.3 is 0 Å². The molecular formula is C25H48N4O2. The zero-order valence-corrected chi connectivity index (χ0v) is 21.3. The Morgan fingerprint density at radius 1 is 0.645 bits per heavy atom. The van der Waals surface area contributed by atoms with Crippen LogP contribution < -0.4 is 21.3 Å². The summed E-state index contributed by atoms with van der Waals surface area (Å²) in [5.74, 6) is 0.820. The molecule has 4 N–H and O–H groups in total. The summed E-state index contributed by atoms with van der Waals surface area (Å²) < 4.78 is 0. The Bertz CT molecular complexity index is 553. The van der Waals surface area contributed by atoms with E-state index in [-0.39, 0.29) is 40.4 Å². The predicted molar refractivity (Wildman–Crippen MR) is 128 cm³/mol. The molecule has 2 fully saturated rings. The number of nitrogens with one attached hydrogen (secondary N) is 4. The number of piperidine rings is 2. The summed E-state index contributed by atoms with van der Waals surface area (Å²) in [6.45, 7) is 19.2. The molecule has 31 heavy (non-hydrogen) atoms. The minimum absolute atomic E-state index is 0.0770. The van der Waals surface area contributed by atoms with Crippen LogP contribution in [0.15, 0.2) is 0 Å². The number of hydrogen-bond acceptors (Lipinski definition) is 4. The third-order valence-electron chi connectivity index (χ3n) is 6.62. The van der Waals surface area contributed by atoms with Crippen molar-refractivity contribution in [1.29, 1.82) is 0 Å². The molecule has 2 heterocycles. The van der Waals surface area contributed by atoms with Crippen molar-refractivity contribution in [2.45, 2.75) is 122 Å². The quantitative estimate of drug-likeness (QED) is 0.439. The lowest BCUT2D eigenvalue weighted by Gasteiger charge is -2.46. The average molecular weight is 437 g/mol. The first-order valence-corrected chi connectivity index (χ1v) is 12.2. The molecule has 2 rings (SSSR count). The van der Waals surface area contributed by atoms with Crippen molar-refractivity contribution in [1.82, 2.24) is 21.3 Å². The Morgan fingerprint density at radius 2 is 0.935 bits per heavy atom. The van der Waals surface area contributed by atoms with Gasteiger partial charge < -0.3 is 21.3 Å². The van der Waals surface area contributed by atoms with Crippen LogP contribution in [0.5, 0.6) is 0 Å². The van der Waals surface area contributed by atoms with Gasteiger partial charge in [-0.2, -0.15) is 0 Å². The zero-order valence-electron chi connectivity index (χ0n) is 21.3. The van der Waals surface area contributed by atoms with Gasteiger partial charge in [-0.25, -0.2) is 0 Å². The molecular weight excluding hydrogens is 388 g/mol. The highest BCUT2D eigenvalue weighted by Gasteiger charge is 2.38. The minimum Gasteiger partial charge on any atom is -0.356 e. The first-order chi connectivity index (χ1) is 14.1. The second kappa shape index (κ2) is 9.78. The maximum absolute atomic E-state index is 12.2. The van der Waals surface area contributed by atoms with Crippen molar-refractivity contribution in [3.8, 4) is 0 Å². The molecule has 0 atom stereocenters. The molecule has 0 spiro atoms. The molecule has 0 saturated carbocycles. The van der Waals surface area contributed by atoms with Crippen LogP contribution in [0.25, 0.3) is 0 Å². The highest BCUT2D eigenvalue weighted by atomic mass is 16.2. The summed E-state index contributed by atoms with van der Waals surface area (Å²) in [7, 11) is 0. The average Bonchev–Trinajstić information content (AvgIpc) is 2.48. The normalized spacial score (nSPS) is 25.0. The Hall–Kier alpha value is -1.14. The number of carbonyl (C=O) groups is 2. The third kappa shape index (κ3) is 9.48. The summed E-state index contributed by atoms with van der Waals surface area (Å²) in [6.07, 6.45) is 6.28. The van der Waals surface area contributed by atoms with Gasteiger partial charge in [0.2, 0.25) is 11.8 Å². The zero-order chi connectivity index (χ0) is 23.5. The molecule has 180 valence electrons. The van der Waals surface area contributed by atoms with Crippen LogP contribution in [0, 0.1) is 11.8 Å². The van der Waals surface area contributed by atoms with Crippen LogP contribution >= 0.6 is 0 Å². The molecule has 0 bridgehead atoms. The van der Waals surface area contributed by atoms with Gasteiger partial charge in [-0.3, -0.25) is 9.59 Å². The van der Waals surface area contributed by atoms with E-state index in [0.29, 0.717) is 24.9 Å². The lowest BCUT2D eigenvalue weighted by molar-refractivity contribution is -0.129. The maximum Gasteiger partial charge on any atom is 0.229 e. The summed E-state index contributed by atoms with van der Waals surface area (Å²) in [6, 6.07) is 0. The van der Waals surface area contributed by atoms with Crippen LogP contribution in [0.3, 0.4) is 0 Å². The number of carbonyl (C=O) groups excluding carboxylic acids is 2. The van der Waals surface area contributed by atoms with E-state index < -0.39 is 0 Å². The van der Waals surface area contributed by atoms with E-state index in [1.165, 1.54) is 0 Å². The Morgan fingerprint density at radius 3 is 1.23 bits per heavy atom. The number of hydrogen-bond donors (Lipinski definition) is 4. The summed E-state index contributed by atoms with van der Waals surface area (Å²) in [4.78, 5) is 24.4. The van der Waals surface area contributed by atoms with Crippen LogP contribution in [-0.2, 0) is 9.59 Å². The van der Waals surface area contributed by atoms with Gasteiger partial charge in [0.05, 0.1) is 0 Å². The van der Waals surface area contributed by atoms with Gasteiger partial charge in [0.1, 0.15) is 6.42 Å². The fourth-order valence-corrected chi connectivity index (χ4v) is 6.58. The standard InChI is InChI=1S/C25H48N4O2/c1-22(2)14-18(15-23(3,4)28-22)9-11-26-20(30)13-21(31)27-12-10-19-16-24(5,6)29-25(7,8)17-19/h18-19,28-29H,9-17H2,1-8H3,(H,26,30)(H,27,31). The largest absolute Gasteiger partial charge is 0.356 e. The lowest BCUT2D eigenvalue weighted by atomic mass is 9.75. The lowest BCUT2D eigenvalue weighted by Crippen LogP contribution is -2.58. The topological polar surface area (TPSA) is 82.3 Å². The van der Waals surface area contributed by atoms with Crippen LogP contribution in [-0.4, -0.2) is 47.1 Å². The summed E-state index contributed by atoms with van der Waals surface area (Å²) >= 11 is 0. The van der Waals surface area contributed by atoms with Gasteiger partial charge in [-0.05, 0) is 106 Å². The Balaban J connectivity index is 1.64. The molecule has 2 aliphatic heterocycles. The summed E-state index contributed by atoms with van der Waals surface area (Å²) in [5.41, 5.74) is 0.481. The summed E-state index contributed by atoms with van der Waals surface area (Å²) in [5, 5.41) is 13.3. The molecule has 6 heteroatoms. The van der Waals surface area contributed by atoms with Gasteiger partial charge in [0.15, 0.2) is 0 Å². The van der Waals surface area contributed by atoms with E-state index >= 15 is 0 Å². The molecule has 0 radical (unpaired) electrons. The Labute approximate surface area is 190 Å². The molecule has 2 saturated heterocycles. The highest BCUT2D eigenvalue weighted by molar-refractivity contribution is 5.96. The van der Waals surface area contributed by atoms with E-state index in [1.807, 2.05) is 0 Å². The predicted octanol–water partition coefficient (Wildman–Crippen LogP) is 3.50. The van der Waals surface area contributed by atoms with Crippen LogP contribution in [0.2, 0.25) is 0 Å². The van der Waals surface area contributed by atoms with Crippen molar-refractivity contribution in [2.75, 3.05) is 13.1 Å². The second-order valence-electron chi connectivity index (χ2n) is 12.8. The van der Waals surface area contributed by atoms with E-state index in [9.17, 15) is 9.59 Å². The molecule has 6 nitrogen and oxygen atoms in total. The van der Waals surface area contributed by atoms with Crippen molar-refractivity contribution >= 4 is 11.8 Å². The second-order valence-corrected chi connectivity index (χ2v) is 12.8. The van der Waals surface area contributed by atoms with E-state index in [1.54, 1.807) is 0 Å². The van der Waals surface area contributed by atoms with Gasteiger partial charge in [0.25, 0.3) is 0 Å². The highest BCUT2D eigenvalue weighted by Crippen LogP contribution is 2.35. The van der Waals surface area contributed by atoms with Crippen molar-refractivity contribution in [3.05, 3.63) is 0 Å².